The van der Waals surface area contributed by atoms with Crippen LogP contribution < -0.4 is 14.8 Å². The summed E-state index contributed by atoms with van der Waals surface area (Å²) in [4.78, 5) is 23.5. The van der Waals surface area contributed by atoms with E-state index in [1.165, 1.54) is 19.2 Å². The molecule has 0 aromatic heterocycles. The van der Waals surface area contributed by atoms with Crippen LogP contribution in [0.1, 0.15) is 37.6 Å². The van der Waals surface area contributed by atoms with Gasteiger partial charge in [-0.3, -0.25) is 4.79 Å². The van der Waals surface area contributed by atoms with Gasteiger partial charge in [0.05, 0.1) is 18.7 Å². The van der Waals surface area contributed by atoms with Crippen molar-refractivity contribution in [3.63, 3.8) is 0 Å². The molecule has 0 unspecified atom stereocenters. The highest BCUT2D eigenvalue weighted by atomic mass is 35.5. The number of methoxy groups -OCH3 is 1. The number of carbonyl (C=O) groups is 2. The number of carboxylic acid groups (broad SMARTS) is 1. The quantitative estimate of drug-likeness (QED) is 0.758. The van der Waals surface area contributed by atoms with Crippen LogP contribution in [-0.4, -0.2) is 36.7 Å². The lowest BCUT2D eigenvalue weighted by Crippen LogP contribution is -2.41. The molecule has 0 radical (unpaired) electrons. The number of carboxylic acids is 1. The summed E-state index contributed by atoms with van der Waals surface area (Å²) in [7, 11) is 1.44. The van der Waals surface area contributed by atoms with Crippen LogP contribution in [-0.2, 0) is 4.79 Å². The number of halogens is 1. The Labute approximate surface area is 140 Å². The third kappa shape index (κ3) is 5.32. The highest BCUT2D eigenvalue weighted by Gasteiger charge is 2.23. The van der Waals surface area contributed by atoms with Crippen LogP contribution in [0.2, 0.25) is 5.02 Å². The summed E-state index contributed by atoms with van der Waals surface area (Å²) in [5, 5.41) is 11.9. The Morgan fingerprint density at radius 1 is 1.35 bits per heavy atom. The minimum atomic E-state index is -1.07. The summed E-state index contributed by atoms with van der Waals surface area (Å²) in [5.74, 6) is -0.794. The maximum Gasteiger partial charge on any atom is 0.326 e. The number of nitrogens with one attached hydrogen (secondary N) is 1. The third-order valence-corrected chi connectivity index (χ3v) is 3.37. The van der Waals surface area contributed by atoms with Gasteiger partial charge < -0.3 is 19.9 Å². The zero-order chi connectivity index (χ0) is 17.6. The SMILES string of the molecule is CCOc1c(Cl)cc(C(=O)N[C@H](CC(C)C)C(=O)O)cc1OC. The van der Waals surface area contributed by atoms with Crippen molar-refractivity contribution in [2.75, 3.05) is 13.7 Å². The molecule has 1 atom stereocenters. The van der Waals surface area contributed by atoms with E-state index in [-0.39, 0.29) is 16.5 Å². The molecule has 23 heavy (non-hydrogen) atoms. The van der Waals surface area contributed by atoms with Gasteiger partial charge in [0.1, 0.15) is 6.04 Å². The molecule has 0 aliphatic carbocycles. The standard InChI is InChI=1S/C16H22ClNO5/c1-5-23-14-11(17)7-10(8-13(14)22-4)15(19)18-12(16(20)21)6-9(2)3/h7-9,12H,5-6H2,1-4H3,(H,18,19)(H,20,21)/t12-/m1/s1. The van der Waals surface area contributed by atoms with Gasteiger partial charge in [-0.15, -0.1) is 0 Å². The van der Waals surface area contributed by atoms with Crippen LogP contribution in [0.3, 0.4) is 0 Å². The molecule has 7 heteroatoms. The average molecular weight is 344 g/mol. The van der Waals surface area contributed by atoms with Crippen molar-refractivity contribution < 1.29 is 24.2 Å². The summed E-state index contributed by atoms with van der Waals surface area (Å²) in [6.45, 7) is 5.98. The third-order valence-electron chi connectivity index (χ3n) is 3.09. The Bertz CT molecular complexity index is 574. The fourth-order valence-corrected chi connectivity index (χ4v) is 2.34. The molecule has 0 saturated heterocycles. The minimum Gasteiger partial charge on any atom is -0.493 e. The first-order valence-corrected chi connectivity index (χ1v) is 7.71. The van der Waals surface area contributed by atoms with Crippen LogP contribution in [0.4, 0.5) is 0 Å². The van der Waals surface area contributed by atoms with Gasteiger partial charge in [0.25, 0.3) is 5.91 Å². The molecule has 1 rings (SSSR count). The van der Waals surface area contributed by atoms with Gasteiger partial charge in [0.2, 0.25) is 0 Å². The van der Waals surface area contributed by atoms with Crippen molar-refractivity contribution in [1.29, 1.82) is 0 Å². The van der Waals surface area contributed by atoms with E-state index in [0.29, 0.717) is 24.5 Å². The summed E-state index contributed by atoms with van der Waals surface area (Å²) in [6.07, 6.45) is 0.336. The van der Waals surface area contributed by atoms with Crippen molar-refractivity contribution in [3.05, 3.63) is 22.7 Å². The molecule has 0 bridgehead atoms. The summed E-state index contributed by atoms with van der Waals surface area (Å²) in [5.41, 5.74) is 0.213. The fraction of sp³-hybridized carbons (Fsp3) is 0.500. The molecular formula is C16H22ClNO5. The van der Waals surface area contributed by atoms with Crippen molar-refractivity contribution in [2.45, 2.75) is 33.2 Å². The second-order valence-electron chi connectivity index (χ2n) is 5.42. The Morgan fingerprint density at radius 3 is 2.48 bits per heavy atom. The molecule has 0 aliphatic heterocycles. The van der Waals surface area contributed by atoms with Crippen molar-refractivity contribution >= 4 is 23.5 Å². The Kier molecular flexibility index (Phi) is 7.16. The summed E-state index contributed by atoms with van der Waals surface area (Å²) >= 11 is 6.12. The number of carbonyl (C=O) groups excluding carboxylic acids is 1. The fourth-order valence-electron chi connectivity index (χ4n) is 2.07. The molecule has 0 fully saturated rings. The van der Waals surface area contributed by atoms with Gasteiger partial charge in [-0.1, -0.05) is 25.4 Å². The first-order chi connectivity index (χ1) is 10.8. The zero-order valence-corrected chi connectivity index (χ0v) is 14.4. The van der Waals surface area contributed by atoms with Gasteiger partial charge in [-0.05, 0) is 31.4 Å². The predicted molar refractivity (Wildman–Crippen MR) is 87.5 cm³/mol. The van der Waals surface area contributed by atoms with Crippen LogP contribution in [0.5, 0.6) is 11.5 Å². The monoisotopic (exact) mass is 343 g/mol. The zero-order valence-electron chi connectivity index (χ0n) is 13.7. The topological polar surface area (TPSA) is 84.9 Å². The van der Waals surface area contributed by atoms with Gasteiger partial charge in [0, 0.05) is 5.56 Å². The lowest BCUT2D eigenvalue weighted by Gasteiger charge is -2.17. The highest BCUT2D eigenvalue weighted by Crippen LogP contribution is 2.36. The van der Waals surface area contributed by atoms with E-state index >= 15 is 0 Å². The van der Waals surface area contributed by atoms with Gasteiger partial charge in [-0.25, -0.2) is 4.79 Å². The molecule has 1 aromatic carbocycles. The summed E-state index contributed by atoms with van der Waals surface area (Å²) in [6, 6.07) is 1.94. The molecule has 2 N–H and O–H groups in total. The van der Waals surface area contributed by atoms with Crippen LogP contribution in [0.15, 0.2) is 12.1 Å². The van der Waals surface area contributed by atoms with E-state index in [4.69, 9.17) is 21.1 Å². The van der Waals surface area contributed by atoms with Crippen LogP contribution in [0, 0.1) is 5.92 Å². The molecule has 0 aliphatic rings. The average Bonchev–Trinajstić information content (AvgIpc) is 2.47. The number of amides is 1. The molecule has 1 amide bonds. The number of ether oxygens (including phenoxy) is 2. The molecule has 0 spiro atoms. The Balaban J connectivity index is 3.03. The van der Waals surface area contributed by atoms with Gasteiger partial charge in [-0.2, -0.15) is 0 Å². The van der Waals surface area contributed by atoms with Gasteiger partial charge >= 0.3 is 5.97 Å². The molecule has 1 aromatic rings. The molecule has 0 heterocycles. The highest BCUT2D eigenvalue weighted by molar-refractivity contribution is 6.32. The molecule has 0 saturated carbocycles. The van der Waals surface area contributed by atoms with E-state index in [0.717, 1.165) is 0 Å². The molecule has 128 valence electrons. The second-order valence-corrected chi connectivity index (χ2v) is 5.82. The van der Waals surface area contributed by atoms with Gasteiger partial charge in [0.15, 0.2) is 11.5 Å². The van der Waals surface area contributed by atoms with Crippen LogP contribution >= 0.6 is 11.6 Å². The second kappa shape index (κ2) is 8.62. The van der Waals surface area contributed by atoms with Crippen molar-refractivity contribution in [1.82, 2.24) is 5.32 Å². The number of rotatable bonds is 8. The van der Waals surface area contributed by atoms with Crippen molar-refractivity contribution in [2.24, 2.45) is 5.92 Å². The van der Waals surface area contributed by atoms with E-state index in [1.54, 1.807) is 6.92 Å². The minimum absolute atomic E-state index is 0.134. The lowest BCUT2D eigenvalue weighted by atomic mass is 10.0. The first-order valence-electron chi connectivity index (χ1n) is 7.34. The Morgan fingerprint density at radius 2 is 2.00 bits per heavy atom. The lowest BCUT2D eigenvalue weighted by molar-refractivity contribution is -0.139. The first kappa shape index (κ1) is 19.1. The summed E-state index contributed by atoms with van der Waals surface area (Å²) < 4.78 is 10.6. The maximum absolute atomic E-state index is 12.3. The Hall–Kier alpha value is -1.95. The normalized spacial score (nSPS) is 11.9. The molecular weight excluding hydrogens is 322 g/mol. The number of hydrogen-bond donors (Lipinski definition) is 2. The maximum atomic E-state index is 12.3. The largest absolute Gasteiger partial charge is 0.493 e. The predicted octanol–water partition coefficient (Wildman–Crippen LogP) is 2.98. The smallest absolute Gasteiger partial charge is 0.326 e. The van der Waals surface area contributed by atoms with E-state index in [9.17, 15) is 14.7 Å². The number of hydrogen-bond acceptors (Lipinski definition) is 4. The van der Waals surface area contributed by atoms with E-state index in [2.05, 4.69) is 5.32 Å². The van der Waals surface area contributed by atoms with E-state index < -0.39 is 17.9 Å². The van der Waals surface area contributed by atoms with E-state index in [1.807, 2.05) is 13.8 Å². The van der Waals surface area contributed by atoms with Crippen molar-refractivity contribution in [3.8, 4) is 11.5 Å². The molecule has 6 nitrogen and oxygen atoms in total. The van der Waals surface area contributed by atoms with Crippen LogP contribution in [0.25, 0.3) is 0 Å². The number of aliphatic carboxylic acids is 1. The number of benzene rings is 1.